The number of rotatable bonds is 6. The van der Waals surface area contributed by atoms with Crippen molar-refractivity contribution in [1.82, 2.24) is 10.3 Å². The van der Waals surface area contributed by atoms with Crippen molar-refractivity contribution in [1.29, 1.82) is 0 Å². The SMILES string of the molecule is C[C@]1(CO)CC[C@@H](OC(=O)NC2CC2)C([NH3+])=C1N(N)Cc1ccc(C(F)(F)F)cc1. The van der Waals surface area contributed by atoms with Crippen molar-refractivity contribution < 1.29 is 33.5 Å². The number of nitrogens with one attached hydrogen (secondary N) is 1. The Kier molecular flexibility index (Phi) is 6.30. The zero-order chi connectivity index (χ0) is 22.1. The number of alkyl carbamates (subject to hydrolysis) is 1. The van der Waals surface area contributed by atoms with Gasteiger partial charge in [-0.3, -0.25) is 0 Å². The van der Waals surface area contributed by atoms with Gasteiger partial charge in [0.05, 0.1) is 24.4 Å². The average molecular weight is 429 g/mol. The minimum Gasteiger partial charge on any atom is -0.436 e. The Labute approximate surface area is 172 Å². The summed E-state index contributed by atoms with van der Waals surface area (Å²) in [5, 5.41) is 14.1. The molecule has 3 rings (SSSR count). The minimum atomic E-state index is -4.41. The first-order valence-corrected chi connectivity index (χ1v) is 9.86. The second-order valence-electron chi connectivity index (χ2n) is 8.27. The molecule has 0 aliphatic heterocycles. The molecule has 1 aromatic carbocycles. The van der Waals surface area contributed by atoms with Gasteiger partial charge in [0, 0.05) is 11.5 Å². The quantitative estimate of drug-likeness (QED) is 0.407. The zero-order valence-electron chi connectivity index (χ0n) is 16.8. The van der Waals surface area contributed by atoms with E-state index in [1.54, 1.807) is 0 Å². The van der Waals surface area contributed by atoms with Crippen LogP contribution in [0.25, 0.3) is 0 Å². The molecule has 1 amide bonds. The van der Waals surface area contributed by atoms with Gasteiger partial charge in [0.15, 0.2) is 11.8 Å². The van der Waals surface area contributed by atoms with Crippen molar-refractivity contribution in [2.24, 2.45) is 11.3 Å². The molecule has 0 unspecified atom stereocenters. The Bertz CT molecular complexity index is 809. The predicted octanol–water partition coefficient (Wildman–Crippen LogP) is 1.88. The molecular formula is C20H28F3N4O3+. The van der Waals surface area contributed by atoms with Gasteiger partial charge in [-0.2, -0.15) is 13.2 Å². The maximum absolute atomic E-state index is 12.8. The summed E-state index contributed by atoms with van der Waals surface area (Å²) >= 11 is 0. The Hall–Kier alpha value is -2.30. The summed E-state index contributed by atoms with van der Waals surface area (Å²) in [5.74, 6) is 6.28. The van der Waals surface area contributed by atoms with E-state index >= 15 is 0 Å². The van der Waals surface area contributed by atoms with E-state index in [0.717, 1.165) is 25.0 Å². The van der Waals surface area contributed by atoms with Crippen LogP contribution in [-0.2, 0) is 17.5 Å². The lowest BCUT2D eigenvalue weighted by atomic mass is 9.75. The summed E-state index contributed by atoms with van der Waals surface area (Å²) in [6, 6.07) is 4.89. The molecule has 7 nitrogen and oxygen atoms in total. The van der Waals surface area contributed by atoms with Crippen LogP contribution in [0, 0.1) is 5.41 Å². The highest BCUT2D eigenvalue weighted by Crippen LogP contribution is 2.41. The molecule has 2 aliphatic rings. The third-order valence-electron chi connectivity index (χ3n) is 5.64. The second kappa shape index (κ2) is 8.44. The Morgan fingerprint density at radius 2 is 1.97 bits per heavy atom. The summed E-state index contributed by atoms with van der Waals surface area (Å²) in [6.45, 7) is 1.76. The van der Waals surface area contributed by atoms with Gasteiger partial charge >= 0.3 is 12.3 Å². The van der Waals surface area contributed by atoms with Gasteiger partial charge in [-0.1, -0.05) is 19.1 Å². The highest BCUT2D eigenvalue weighted by atomic mass is 19.4. The van der Waals surface area contributed by atoms with E-state index in [0.29, 0.717) is 29.8 Å². The lowest BCUT2D eigenvalue weighted by Crippen LogP contribution is -2.61. The number of nitrogens with two attached hydrogens (primary N) is 1. The average Bonchev–Trinajstić information content (AvgIpc) is 3.48. The number of aliphatic hydroxyl groups is 1. The van der Waals surface area contributed by atoms with Gasteiger partial charge in [-0.15, -0.1) is 0 Å². The fourth-order valence-electron chi connectivity index (χ4n) is 3.73. The maximum Gasteiger partial charge on any atom is 0.416 e. The molecule has 1 saturated carbocycles. The number of quaternary nitrogens is 1. The Morgan fingerprint density at radius 3 is 2.50 bits per heavy atom. The molecule has 1 fully saturated rings. The van der Waals surface area contributed by atoms with E-state index in [-0.39, 0.29) is 19.2 Å². The number of hydrogen-bond donors (Lipinski definition) is 4. The summed E-state index contributed by atoms with van der Waals surface area (Å²) < 4.78 is 43.8. The first-order valence-electron chi connectivity index (χ1n) is 9.86. The topological polar surface area (TPSA) is 115 Å². The van der Waals surface area contributed by atoms with Crippen LogP contribution in [0.5, 0.6) is 0 Å². The maximum atomic E-state index is 12.8. The van der Waals surface area contributed by atoms with Crippen molar-refractivity contribution in [2.45, 2.75) is 57.5 Å². The number of aliphatic hydroxyl groups excluding tert-OH is 1. The van der Waals surface area contributed by atoms with Crippen LogP contribution in [0.1, 0.15) is 43.7 Å². The van der Waals surface area contributed by atoms with Gasteiger partial charge < -0.3 is 25.9 Å². The lowest BCUT2D eigenvalue weighted by Gasteiger charge is -2.40. The van der Waals surface area contributed by atoms with Crippen LogP contribution in [-0.4, -0.2) is 35.0 Å². The normalized spacial score (nSPS) is 24.6. The molecule has 2 atom stereocenters. The van der Waals surface area contributed by atoms with Crippen LogP contribution in [0.3, 0.4) is 0 Å². The Morgan fingerprint density at radius 1 is 1.33 bits per heavy atom. The highest BCUT2D eigenvalue weighted by Gasteiger charge is 2.43. The molecule has 30 heavy (non-hydrogen) atoms. The van der Waals surface area contributed by atoms with E-state index in [2.05, 4.69) is 11.1 Å². The van der Waals surface area contributed by atoms with Crippen LogP contribution in [0.15, 0.2) is 35.7 Å². The molecule has 0 heterocycles. The number of halogens is 3. The summed E-state index contributed by atoms with van der Waals surface area (Å²) in [7, 11) is 0. The Balaban J connectivity index is 1.78. The number of hydrogen-bond acceptors (Lipinski definition) is 5. The van der Waals surface area contributed by atoms with E-state index in [1.165, 1.54) is 17.1 Å². The van der Waals surface area contributed by atoms with Crippen LogP contribution < -0.4 is 16.9 Å². The van der Waals surface area contributed by atoms with Crippen LogP contribution in [0.2, 0.25) is 0 Å². The molecule has 7 N–H and O–H groups in total. The fourth-order valence-corrected chi connectivity index (χ4v) is 3.73. The van der Waals surface area contributed by atoms with E-state index in [9.17, 15) is 23.1 Å². The summed E-state index contributed by atoms with van der Waals surface area (Å²) in [5.41, 5.74) is 4.20. The van der Waals surface area contributed by atoms with Crippen LogP contribution >= 0.6 is 0 Å². The van der Waals surface area contributed by atoms with E-state index < -0.39 is 29.4 Å². The third kappa shape index (κ3) is 5.05. The number of carbonyl (C=O) groups is 1. The molecule has 0 radical (unpaired) electrons. The molecule has 0 aromatic heterocycles. The monoisotopic (exact) mass is 429 g/mol. The van der Waals surface area contributed by atoms with Crippen molar-refractivity contribution in [3.05, 3.63) is 46.8 Å². The number of benzene rings is 1. The van der Waals surface area contributed by atoms with E-state index in [1.807, 2.05) is 6.92 Å². The van der Waals surface area contributed by atoms with Crippen molar-refractivity contribution in [3.63, 3.8) is 0 Å². The highest BCUT2D eigenvalue weighted by molar-refractivity contribution is 5.68. The molecule has 0 spiro atoms. The molecule has 0 bridgehead atoms. The number of hydrazine groups is 1. The number of alkyl halides is 3. The van der Waals surface area contributed by atoms with Gasteiger partial charge in [0.25, 0.3) is 0 Å². The van der Waals surface area contributed by atoms with Crippen molar-refractivity contribution >= 4 is 6.09 Å². The van der Waals surface area contributed by atoms with Gasteiger partial charge in [-0.25, -0.2) is 10.6 Å². The summed E-state index contributed by atoms with van der Waals surface area (Å²) in [6.07, 6.45) is -2.63. The number of amides is 1. The van der Waals surface area contributed by atoms with Gasteiger partial charge in [-0.05, 0) is 43.4 Å². The molecule has 0 saturated heterocycles. The first-order chi connectivity index (χ1) is 14.0. The number of nitrogens with zero attached hydrogens (tertiary/aromatic N) is 1. The van der Waals surface area contributed by atoms with Gasteiger partial charge in [0.2, 0.25) is 0 Å². The second-order valence-corrected chi connectivity index (χ2v) is 8.27. The van der Waals surface area contributed by atoms with Gasteiger partial charge in [0.1, 0.15) is 0 Å². The molecular weight excluding hydrogens is 401 g/mol. The summed E-state index contributed by atoms with van der Waals surface area (Å²) in [4.78, 5) is 12.0. The molecule has 1 aromatic rings. The zero-order valence-corrected chi connectivity index (χ0v) is 16.8. The number of ether oxygens (including phenoxy) is 1. The molecule has 166 valence electrons. The molecule has 10 heteroatoms. The van der Waals surface area contributed by atoms with E-state index in [4.69, 9.17) is 10.6 Å². The lowest BCUT2D eigenvalue weighted by molar-refractivity contribution is -0.328. The van der Waals surface area contributed by atoms with Crippen LogP contribution in [0.4, 0.5) is 18.0 Å². The van der Waals surface area contributed by atoms with Crippen molar-refractivity contribution in [3.8, 4) is 0 Å². The van der Waals surface area contributed by atoms with Crippen molar-refractivity contribution in [2.75, 3.05) is 6.61 Å². The molecule has 2 aliphatic carbocycles. The number of carbonyl (C=O) groups excluding carboxylic acids is 1. The first kappa shape index (κ1) is 22.4. The largest absolute Gasteiger partial charge is 0.436 e. The minimum absolute atomic E-state index is 0.114. The fraction of sp³-hybridized carbons (Fsp3) is 0.550. The standard InChI is InChI=1S/C20H27F3N4O3/c1-19(11-28)9-8-15(30-18(29)26-14-6-7-14)16(24)17(19)27(25)10-12-2-4-13(5-3-12)20(21,22)23/h2-5,14-15,28H,6-11,24-25H2,1H3,(H,26,29)/p+1/t15-,19-/m1/s1. The smallest absolute Gasteiger partial charge is 0.416 e. The predicted molar refractivity (Wildman–Crippen MR) is 102 cm³/mol. The third-order valence-corrected chi connectivity index (χ3v) is 5.64.